The third kappa shape index (κ3) is 3.68. The molecule has 0 saturated heterocycles. The Balaban J connectivity index is 2.86. The number of nitro benzene ring substituents is 1. The molecule has 0 heterocycles. The lowest BCUT2D eigenvalue weighted by Crippen LogP contribution is -2.33. The number of benzene rings is 1. The number of carbonyl (C=O) groups excluding carboxylic acids is 1. The number of non-ortho nitro benzene ring substituents is 1. The van der Waals surface area contributed by atoms with Crippen LogP contribution in [0.3, 0.4) is 0 Å². The van der Waals surface area contributed by atoms with Crippen molar-refractivity contribution in [3.63, 3.8) is 0 Å². The summed E-state index contributed by atoms with van der Waals surface area (Å²) in [4.78, 5) is 23.2. The van der Waals surface area contributed by atoms with Gasteiger partial charge >= 0.3 is 0 Å². The minimum absolute atomic E-state index is 0.0381. The number of carbonyl (C=O) groups is 1. The highest BCUT2D eigenvalue weighted by Gasteiger charge is 2.13. The summed E-state index contributed by atoms with van der Waals surface area (Å²) in [6, 6.07) is 4.18. The highest BCUT2D eigenvalue weighted by molar-refractivity contribution is 6.31. The molecule has 98 valence electrons. The van der Waals surface area contributed by atoms with Gasteiger partial charge in [0.15, 0.2) is 0 Å². The predicted octanol–water partition coefficient (Wildman–Crippen LogP) is 1.43. The Bertz CT molecular complexity index is 465. The maximum atomic E-state index is 11.6. The van der Waals surface area contributed by atoms with Crippen LogP contribution in [0.2, 0.25) is 5.02 Å². The quantitative estimate of drug-likeness (QED) is 0.649. The van der Waals surface area contributed by atoms with E-state index in [0.29, 0.717) is 10.6 Å². The number of hydrogen-bond donors (Lipinski definition) is 1. The first kappa shape index (κ1) is 14.4. The van der Waals surface area contributed by atoms with E-state index >= 15 is 0 Å². The van der Waals surface area contributed by atoms with Crippen molar-refractivity contribution in [2.45, 2.75) is 6.54 Å². The lowest BCUT2D eigenvalue weighted by molar-refractivity contribution is -0.384. The first-order valence-corrected chi connectivity index (χ1v) is 5.65. The predicted molar refractivity (Wildman–Crippen MR) is 68.5 cm³/mol. The topological polar surface area (TPSA) is 75.5 Å². The lowest BCUT2D eigenvalue weighted by Gasteiger charge is -2.17. The molecule has 0 atom stereocenters. The number of amides is 1. The van der Waals surface area contributed by atoms with Gasteiger partial charge in [-0.25, -0.2) is 0 Å². The zero-order valence-electron chi connectivity index (χ0n) is 10.1. The van der Waals surface area contributed by atoms with Crippen molar-refractivity contribution < 1.29 is 9.72 Å². The van der Waals surface area contributed by atoms with Gasteiger partial charge in [-0.1, -0.05) is 11.6 Å². The number of hydrogen-bond acceptors (Lipinski definition) is 4. The van der Waals surface area contributed by atoms with Crippen molar-refractivity contribution in [2.75, 3.05) is 20.6 Å². The molecular weight excluding hydrogens is 258 g/mol. The maximum Gasteiger partial charge on any atom is 0.269 e. The summed E-state index contributed by atoms with van der Waals surface area (Å²) < 4.78 is 0. The van der Waals surface area contributed by atoms with E-state index in [9.17, 15) is 14.9 Å². The summed E-state index contributed by atoms with van der Waals surface area (Å²) in [5, 5.41) is 13.8. The molecule has 18 heavy (non-hydrogen) atoms. The zero-order chi connectivity index (χ0) is 13.7. The SMILES string of the molecule is CNCC(=O)N(C)Cc1cc([N+](=O)[O-])ccc1Cl. The summed E-state index contributed by atoms with van der Waals surface area (Å²) in [5.74, 6) is -0.111. The van der Waals surface area contributed by atoms with E-state index < -0.39 is 4.92 Å². The molecule has 1 amide bonds. The first-order valence-electron chi connectivity index (χ1n) is 5.27. The van der Waals surface area contributed by atoms with E-state index in [-0.39, 0.29) is 24.7 Å². The molecule has 1 aromatic carbocycles. The Hall–Kier alpha value is -1.66. The minimum atomic E-state index is -0.491. The molecule has 6 nitrogen and oxygen atoms in total. The van der Waals surface area contributed by atoms with E-state index in [1.54, 1.807) is 14.1 Å². The Morgan fingerprint density at radius 3 is 2.78 bits per heavy atom. The van der Waals surface area contributed by atoms with E-state index in [2.05, 4.69) is 5.32 Å². The molecule has 1 N–H and O–H groups in total. The molecule has 0 spiro atoms. The Morgan fingerprint density at radius 2 is 2.22 bits per heavy atom. The summed E-state index contributed by atoms with van der Waals surface area (Å²) in [6.45, 7) is 0.448. The third-order valence-corrected chi connectivity index (χ3v) is 2.77. The number of rotatable bonds is 5. The summed E-state index contributed by atoms with van der Waals surface area (Å²) in [6.07, 6.45) is 0. The van der Waals surface area contributed by atoms with Crippen molar-refractivity contribution in [2.24, 2.45) is 0 Å². The Morgan fingerprint density at radius 1 is 1.56 bits per heavy atom. The summed E-state index contributed by atoms with van der Waals surface area (Å²) in [7, 11) is 3.29. The molecule has 0 aromatic heterocycles. The number of likely N-dealkylation sites (N-methyl/N-ethyl adjacent to an activating group) is 2. The number of nitrogens with one attached hydrogen (secondary N) is 1. The van der Waals surface area contributed by atoms with Crippen LogP contribution in [-0.2, 0) is 11.3 Å². The van der Waals surface area contributed by atoms with Gasteiger partial charge in [0.1, 0.15) is 0 Å². The van der Waals surface area contributed by atoms with E-state index in [4.69, 9.17) is 11.6 Å². The molecule has 1 aromatic rings. The molecule has 0 radical (unpaired) electrons. The monoisotopic (exact) mass is 271 g/mol. The van der Waals surface area contributed by atoms with Crippen LogP contribution in [0, 0.1) is 10.1 Å². The molecule has 0 aliphatic rings. The highest BCUT2D eigenvalue weighted by Crippen LogP contribution is 2.23. The number of nitrogens with zero attached hydrogens (tertiary/aromatic N) is 2. The third-order valence-electron chi connectivity index (χ3n) is 2.40. The van der Waals surface area contributed by atoms with Crippen molar-refractivity contribution in [1.29, 1.82) is 0 Å². The lowest BCUT2D eigenvalue weighted by atomic mass is 10.2. The zero-order valence-corrected chi connectivity index (χ0v) is 10.9. The van der Waals surface area contributed by atoms with Gasteiger partial charge < -0.3 is 10.2 Å². The Kier molecular flexibility index (Phi) is 5.06. The molecule has 7 heteroatoms. The normalized spacial score (nSPS) is 10.2. The fourth-order valence-corrected chi connectivity index (χ4v) is 1.60. The van der Waals surface area contributed by atoms with Gasteiger partial charge in [-0.15, -0.1) is 0 Å². The Labute approximate surface area is 110 Å². The second-order valence-electron chi connectivity index (χ2n) is 3.81. The maximum absolute atomic E-state index is 11.6. The molecule has 0 saturated carbocycles. The molecule has 1 rings (SSSR count). The van der Waals surface area contributed by atoms with Crippen LogP contribution in [0.4, 0.5) is 5.69 Å². The number of nitro groups is 1. The second-order valence-corrected chi connectivity index (χ2v) is 4.22. The second kappa shape index (κ2) is 6.32. The average Bonchev–Trinajstić information content (AvgIpc) is 2.31. The number of halogens is 1. The molecule has 0 bridgehead atoms. The summed E-state index contributed by atoms with van der Waals surface area (Å²) >= 11 is 5.95. The molecule has 0 fully saturated rings. The van der Waals surface area contributed by atoms with Crippen LogP contribution in [0.1, 0.15) is 5.56 Å². The molecular formula is C11H14ClN3O3. The largest absolute Gasteiger partial charge is 0.340 e. The van der Waals surface area contributed by atoms with Gasteiger partial charge in [-0.05, 0) is 18.7 Å². The van der Waals surface area contributed by atoms with Gasteiger partial charge in [0, 0.05) is 30.7 Å². The standard InChI is InChI=1S/C11H14ClN3O3/c1-13-6-11(16)14(2)7-8-5-9(15(17)18)3-4-10(8)12/h3-5,13H,6-7H2,1-2H3. The fraction of sp³-hybridized carbons (Fsp3) is 0.364. The fourth-order valence-electron chi connectivity index (χ4n) is 1.43. The molecule has 0 aliphatic carbocycles. The minimum Gasteiger partial charge on any atom is -0.340 e. The van der Waals surface area contributed by atoms with Crippen molar-refractivity contribution >= 4 is 23.2 Å². The van der Waals surface area contributed by atoms with E-state index in [1.165, 1.54) is 23.1 Å². The van der Waals surface area contributed by atoms with Crippen molar-refractivity contribution in [3.05, 3.63) is 38.9 Å². The van der Waals surface area contributed by atoms with Crippen molar-refractivity contribution in [3.8, 4) is 0 Å². The van der Waals surface area contributed by atoms with E-state index in [1.807, 2.05) is 0 Å². The van der Waals surface area contributed by atoms with Gasteiger partial charge in [-0.3, -0.25) is 14.9 Å². The highest BCUT2D eigenvalue weighted by atomic mass is 35.5. The van der Waals surface area contributed by atoms with Gasteiger partial charge in [-0.2, -0.15) is 0 Å². The smallest absolute Gasteiger partial charge is 0.269 e. The summed E-state index contributed by atoms with van der Waals surface area (Å²) in [5.41, 5.74) is 0.515. The average molecular weight is 272 g/mol. The van der Waals surface area contributed by atoms with Crippen LogP contribution in [0.25, 0.3) is 0 Å². The van der Waals surface area contributed by atoms with Crippen LogP contribution in [0.5, 0.6) is 0 Å². The van der Waals surface area contributed by atoms with Gasteiger partial charge in [0.2, 0.25) is 5.91 Å². The van der Waals surface area contributed by atoms with Crippen LogP contribution in [0.15, 0.2) is 18.2 Å². The van der Waals surface area contributed by atoms with Crippen molar-refractivity contribution in [1.82, 2.24) is 10.2 Å². The first-order chi connectivity index (χ1) is 8.45. The van der Waals surface area contributed by atoms with Crippen LogP contribution >= 0.6 is 11.6 Å². The molecule has 0 unspecified atom stereocenters. The van der Waals surface area contributed by atoms with Crippen LogP contribution in [-0.4, -0.2) is 36.4 Å². The van der Waals surface area contributed by atoms with Crippen LogP contribution < -0.4 is 5.32 Å². The van der Waals surface area contributed by atoms with Gasteiger partial charge in [0.05, 0.1) is 11.5 Å². The van der Waals surface area contributed by atoms with Gasteiger partial charge in [0.25, 0.3) is 5.69 Å². The molecule has 0 aliphatic heterocycles. The van der Waals surface area contributed by atoms with E-state index in [0.717, 1.165) is 0 Å².